The van der Waals surface area contributed by atoms with E-state index in [0.29, 0.717) is 6.54 Å². The Morgan fingerprint density at radius 2 is 2.05 bits per heavy atom. The predicted octanol–water partition coefficient (Wildman–Crippen LogP) is 1.59. The third-order valence-corrected chi connectivity index (χ3v) is 3.18. The second-order valence-electron chi connectivity index (χ2n) is 4.61. The lowest BCUT2D eigenvalue weighted by Gasteiger charge is -2.18. The first-order valence-electron chi connectivity index (χ1n) is 6.50. The summed E-state index contributed by atoms with van der Waals surface area (Å²) in [4.78, 5) is 3.95. The zero-order valence-corrected chi connectivity index (χ0v) is 11.3. The molecule has 2 aromatic rings. The number of aliphatic hydroxyl groups excluding tert-OH is 1. The summed E-state index contributed by atoms with van der Waals surface area (Å²) in [6, 6.07) is 3.87. The molecule has 0 saturated heterocycles. The smallest absolute Gasteiger partial charge is 0.0915 e. The Kier molecular flexibility index (Phi) is 4.65. The minimum absolute atomic E-state index is 0.213. The van der Waals surface area contributed by atoms with Crippen molar-refractivity contribution in [3.63, 3.8) is 0 Å². The first-order valence-corrected chi connectivity index (χ1v) is 6.50. The lowest BCUT2D eigenvalue weighted by Crippen LogP contribution is -2.26. The van der Waals surface area contributed by atoms with E-state index in [1.54, 1.807) is 17.1 Å². The Bertz CT molecular complexity index is 497. The van der Waals surface area contributed by atoms with Gasteiger partial charge in [0, 0.05) is 43.8 Å². The highest BCUT2D eigenvalue weighted by Crippen LogP contribution is 2.17. The number of aromatic nitrogens is 3. The number of rotatable bonds is 6. The third kappa shape index (κ3) is 3.62. The highest BCUT2D eigenvalue weighted by atomic mass is 16.3. The Labute approximate surface area is 113 Å². The number of pyridine rings is 1. The van der Waals surface area contributed by atoms with Crippen molar-refractivity contribution < 1.29 is 5.11 Å². The molecule has 19 heavy (non-hydrogen) atoms. The van der Waals surface area contributed by atoms with Crippen molar-refractivity contribution in [3.05, 3.63) is 48.0 Å². The number of hydrogen-bond donors (Lipinski definition) is 2. The van der Waals surface area contributed by atoms with E-state index in [2.05, 4.69) is 22.3 Å². The average Bonchev–Trinajstić information content (AvgIpc) is 2.87. The summed E-state index contributed by atoms with van der Waals surface area (Å²) in [7, 11) is 1.90. The van der Waals surface area contributed by atoms with E-state index in [4.69, 9.17) is 0 Å². The minimum atomic E-state index is -0.520. The predicted molar refractivity (Wildman–Crippen MR) is 73.4 cm³/mol. The third-order valence-electron chi connectivity index (χ3n) is 3.18. The summed E-state index contributed by atoms with van der Waals surface area (Å²) in [6.45, 7) is 2.63. The van der Waals surface area contributed by atoms with Crippen LogP contribution in [0.5, 0.6) is 0 Å². The van der Waals surface area contributed by atoms with Gasteiger partial charge in [-0.05, 0) is 24.1 Å². The molecule has 0 aliphatic rings. The summed E-state index contributed by atoms with van der Waals surface area (Å²) in [5.74, 6) is 0. The fourth-order valence-corrected chi connectivity index (χ4v) is 2.08. The summed E-state index contributed by atoms with van der Waals surface area (Å²) >= 11 is 0. The van der Waals surface area contributed by atoms with Gasteiger partial charge in [-0.25, -0.2) is 0 Å². The summed E-state index contributed by atoms with van der Waals surface area (Å²) < 4.78 is 1.79. The van der Waals surface area contributed by atoms with Gasteiger partial charge in [-0.2, -0.15) is 5.10 Å². The Hall–Kier alpha value is -1.72. The van der Waals surface area contributed by atoms with Crippen LogP contribution in [-0.4, -0.2) is 26.4 Å². The molecule has 5 nitrogen and oxygen atoms in total. The van der Waals surface area contributed by atoms with E-state index in [-0.39, 0.29) is 6.04 Å². The van der Waals surface area contributed by atoms with E-state index in [9.17, 15) is 5.11 Å². The zero-order chi connectivity index (χ0) is 13.7. The first kappa shape index (κ1) is 13.7. The molecule has 0 aliphatic heterocycles. The molecule has 2 atom stereocenters. The van der Waals surface area contributed by atoms with Crippen LogP contribution in [-0.2, 0) is 7.05 Å². The maximum absolute atomic E-state index is 10.1. The van der Waals surface area contributed by atoms with Crippen LogP contribution in [0.1, 0.15) is 36.6 Å². The van der Waals surface area contributed by atoms with Crippen LogP contribution < -0.4 is 5.32 Å². The molecule has 5 heteroatoms. The van der Waals surface area contributed by atoms with Crippen LogP contribution in [0.3, 0.4) is 0 Å². The van der Waals surface area contributed by atoms with Crippen molar-refractivity contribution in [1.82, 2.24) is 20.1 Å². The first-order chi connectivity index (χ1) is 9.20. The highest BCUT2D eigenvalue weighted by molar-refractivity contribution is 5.14. The Morgan fingerprint density at radius 1 is 1.32 bits per heavy atom. The van der Waals surface area contributed by atoms with Gasteiger partial charge >= 0.3 is 0 Å². The van der Waals surface area contributed by atoms with Gasteiger partial charge in [0.2, 0.25) is 0 Å². The molecule has 2 heterocycles. The molecule has 0 bridgehead atoms. The van der Waals surface area contributed by atoms with E-state index in [1.165, 1.54) is 0 Å². The molecular formula is C14H20N4O. The number of nitrogens with zero attached hydrogens (tertiary/aromatic N) is 3. The maximum atomic E-state index is 10.1. The van der Waals surface area contributed by atoms with E-state index >= 15 is 0 Å². The van der Waals surface area contributed by atoms with Gasteiger partial charge in [0.1, 0.15) is 0 Å². The summed E-state index contributed by atoms with van der Waals surface area (Å²) in [5.41, 5.74) is 2.02. The maximum Gasteiger partial charge on any atom is 0.0915 e. The van der Waals surface area contributed by atoms with Crippen molar-refractivity contribution in [1.29, 1.82) is 0 Å². The van der Waals surface area contributed by atoms with Crippen molar-refractivity contribution >= 4 is 0 Å². The van der Waals surface area contributed by atoms with Crippen LogP contribution in [0.15, 0.2) is 36.9 Å². The standard InChI is InChI=1S/C14H20N4O/c1-3-13(12-8-17-18(2)10-12)16-9-14(19)11-4-6-15-7-5-11/h4-8,10,13-14,16,19H,3,9H2,1-2H3. The fraction of sp³-hybridized carbons (Fsp3) is 0.429. The van der Waals surface area contributed by atoms with Gasteiger partial charge < -0.3 is 10.4 Å². The number of aliphatic hydroxyl groups is 1. The second kappa shape index (κ2) is 6.45. The molecule has 2 aromatic heterocycles. The quantitative estimate of drug-likeness (QED) is 0.828. The molecule has 2 rings (SSSR count). The van der Waals surface area contributed by atoms with Gasteiger partial charge in [0.25, 0.3) is 0 Å². The van der Waals surface area contributed by atoms with Crippen LogP contribution in [0.2, 0.25) is 0 Å². The Morgan fingerprint density at radius 3 is 2.63 bits per heavy atom. The van der Waals surface area contributed by atoms with Gasteiger partial charge in [-0.1, -0.05) is 6.92 Å². The number of nitrogens with one attached hydrogen (secondary N) is 1. The molecule has 0 aromatic carbocycles. The van der Waals surface area contributed by atoms with Crippen molar-refractivity contribution in [2.75, 3.05) is 6.54 Å². The van der Waals surface area contributed by atoms with Crippen LogP contribution >= 0.6 is 0 Å². The normalized spacial score (nSPS) is 14.3. The molecule has 2 unspecified atom stereocenters. The number of hydrogen-bond acceptors (Lipinski definition) is 4. The molecule has 0 amide bonds. The molecule has 102 valence electrons. The molecule has 0 fully saturated rings. The molecular weight excluding hydrogens is 240 g/mol. The Balaban J connectivity index is 1.93. The van der Waals surface area contributed by atoms with Crippen molar-refractivity contribution in [2.45, 2.75) is 25.5 Å². The van der Waals surface area contributed by atoms with Crippen molar-refractivity contribution in [3.8, 4) is 0 Å². The molecule has 0 aliphatic carbocycles. The lowest BCUT2D eigenvalue weighted by molar-refractivity contribution is 0.169. The monoisotopic (exact) mass is 260 g/mol. The lowest BCUT2D eigenvalue weighted by atomic mass is 10.1. The topological polar surface area (TPSA) is 63.0 Å². The van der Waals surface area contributed by atoms with Gasteiger partial charge in [0.15, 0.2) is 0 Å². The largest absolute Gasteiger partial charge is 0.387 e. The molecule has 2 N–H and O–H groups in total. The van der Waals surface area contributed by atoms with Gasteiger partial charge in [-0.15, -0.1) is 0 Å². The van der Waals surface area contributed by atoms with E-state index in [1.807, 2.05) is 31.6 Å². The summed E-state index contributed by atoms with van der Waals surface area (Å²) in [5, 5.41) is 17.7. The molecule has 0 radical (unpaired) electrons. The zero-order valence-electron chi connectivity index (χ0n) is 11.3. The average molecular weight is 260 g/mol. The van der Waals surface area contributed by atoms with Crippen LogP contribution in [0.25, 0.3) is 0 Å². The fourth-order valence-electron chi connectivity index (χ4n) is 2.08. The van der Waals surface area contributed by atoms with Gasteiger partial charge in [0.05, 0.1) is 12.3 Å². The number of aryl methyl sites for hydroxylation is 1. The van der Waals surface area contributed by atoms with E-state index in [0.717, 1.165) is 17.5 Å². The minimum Gasteiger partial charge on any atom is -0.387 e. The SMILES string of the molecule is CCC(NCC(O)c1ccncc1)c1cnn(C)c1. The second-order valence-corrected chi connectivity index (χ2v) is 4.61. The summed E-state index contributed by atoms with van der Waals surface area (Å²) in [6.07, 6.45) is 7.68. The van der Waals surface area contributed by atoms with E-state index < -0.39 is 6.10 Å². The van der Waals surface area contributed by atoms with Crippen LogP contribution in [0.4, 0.5) is 0 Å². The van der Waals surface area contributed by atoms with Crippen LogP contribution in [0, 0.1) is 0 Å². The van der Waals surface area contributed by atoms with Crippen molar-refractivity contribution in [2.24, 2.45) is 7.05 Å². The van der Waals surface area contributed by atoms with Gasteiger partial charge in [-0.3, -0.25) is 9.67 Å². The molecule has 0 spiro atoms. The highest BCUT2D eigenvalue weighted by Gasteiger charge is 2.13. The molecule has 0 saturated carbocycles.